The largest absolute Gasteiger partial charge is 0.465 e. The van der Waals surface area contributed by atoms with Crippen LogP contribution >= 0.6 is 22.9 Å². The van der Waals surface area contributed by atoms with Crippen LogP contribution in [0.5, 0.6) is 0 Å². The number of hydroxylamine groups is 1. The summed E-state index contributed by atoms with van der Waals surface area (Å²) in [4.78, 5) is 29.9. The van der Waals surface area contributed by atoms with Crippen molar-refractivity contribution in [3.63, 3.8) is 0 Å². The number of rotatable bonds is 7. The van der Waals surface area contributed by atoms with Crippen molar-refractivity contribution in [1.82, 2.24) is 10.8 Å². The number of carbonyl (C=O) groups excluding carboxylic acids is 2. The van der Waals surface area contributed by atoms with Crippen LogP contribution in [0, 0.1) is 0 Å². The fraction of sp³-hybridized carbons (Fsp3) is 0.130. The van der Waals surface area contributed by atoms with Gasteiger partial charge in [-0.1, -0.05) is 29.8 Å². The highest BCUT2D eigenvalue weighted by atomic mass is 35.5. The van der Waals surface area contributed by atoms with E-state index < -0.39 is 0 Å². The summed E-state index contributed by atoms with van der Waals surface area (Å²) in [6.45, 7) is 0.334. The Morgan fingerprint density at radius 2 is 1.94 bits per heavy atom. The first-order valence-electron chi connectivity index (χ1n) is 9.74. The van der Waals surface area contributed by atoms with E-state index >= 15 is 0 Å². The molecule has 2 aromatic carbocycles. The second kappa shape index (κ2) is 9.86. The van der Waals surface area contributed by atoms with Crippen LogP contribution in [0.1, 0.15) is 25.6 Å². The first kappa shape index (κ1) is 21.9. The zero-order valence-corrected chi connectivity index (χ0v) is 18.6. The minimum atomic E-state index is -0.381. The Morgan fingerprint density at radius 1 is 1.12 bits per heavy atom. The van der Waals surface area contributed by atoms with E-state index in [2.05, 4.69) is 16.1 Å². The number of esters is 1. The molecule has 0 saturated carbocycles. The molecule has 1 unspecified atom stereocenters. The molecule has 4 rings (SSSR count). The summed E-state index contributed by atoms with van der Waals surface area (Å²) in [6.07, 6.45) is 1.63. The smallest absolute Gasteiger partial charge is 0.337 e. The van der Waals surface area contributed by atoms with E-state index in [0.717, 1.165) is 22.6 Å². The van der Waals surface area contributed by atoms with Crippen LogP contribution in [0.3, 0.4) is 0 Å². The average molecular weight is 470 g/mol. The van der Waals surface area contributed by atoms with Crippen molar-refractivity contribution in [2.75, 3.05) is 19.0 Å². The molecule has 32 heavy (non-hydrogen) atoms. The van der Waals surface area contributed by atoms with Crippen LogP contribution in [0.15, 0.2) is 66.7 Å². The van der Waals surface area contributed by atoms with Crippen molar-refractivity contribution in [2.45, 2.75) is 6.10 Å². The first-order valence-corrected chi connectivity index (χ1v) is 10.9. The highest BCUT2D eigenvalue weighted by Gasteiger charge is 2.19. The number of thiophene rings is 1. The van der Waals surface area contributed by atoms with E-state index in [1.807, 2.05) is 36.4 Å². The first-order chi connectivity index (χ1) is 15.5. The lowest BCUT2D eigenvalue weighted by Gasteiger charge is -2.09. The molecule has 7 nitrogen and oxygen atoms in total. The molecule has 0 bridgehead atoms. The van der Waals surface area contributed by atoms with Gasteiger partial charge >= 0.3 is 5.97 Å². The number of anilines is 2. The summed E-state index contributed by atoms with van der Waals surface area (Å²) in [5.74, 6) is -0.563. The van der Waals surface area contributed by atoms with Gasteiger partial charge in [-0.15, -0.1) is 11.3 Å². The van der Waals surface area contributed by atoms with Gasteiger partial charge in [0.25, 0.3) is 5.91 Å². The van der Waals surface area contributed by atoms with Crippen LogP contribution < -0.4 is 16.1 Å². The van der Waals surface area contributed by atoms with Crippen LogP contribution in [-0.2, 0) is 9.57 Å². The minimum absolute atomic E-state index is 0.181. The van der Waals surface area contributed by atoms with Gasteiger partial charge in [-0.3, -0.25) is 15.1 Å². The van der Waals surface area contributed by atoms with Crippen molar-refractivity contribution >= 4 is 51.9 Å². The van der Waals surface area contributed by atoms with Crippen LogP contribution in [-0.4, -0.2) is 31.6 Å². The maximum absolute atomic E-state index is 12.1. The molecular weight excluding hydrogens is 450 g/mol. The third kappa shape index (κ3) is 5.28. The Hall–Kier alpha value is -3.33. The molecule has 0 radical (unpaired) electrons. The number of amides is 1. The Labute approximate surface area is 194 Å². The molecule has 0 spiro atoms. The standard InChI is InChI=1S/C23H20ClN3O4S/c1-30-23(29)15-3-2-4-17(11-15)26-16-7-5-14(6-8-16)19-12-18(31-27-19)13-25-22(28)20-9-10-21(24)32-20/h2-12,18,26-27H,13H2,1H3,(H,25,28). The number of nitrogens with one attached hydrogen (secondary N) is 3. The fourth-order valence-corrected chi connectivity index (χ4v) is 4.07. The van der Waals surface area contributed by atoms with Gasteiger partial charge in [0.15, 0.2) is 0 Å². The number of methoxy groups -OCH3 is 1. The highest BCUT2D eigenvalue weighted by molar-refractivity contribution is 7.18. The lowest BCUT2D eigenvalue weighted by Crippen LogP contribution is -2.31. The van der Waals surface area contributed by atoms with E-state index in [1.54, 1.807) is 30.3 Å². The number of benzene rings is 2. The van der Waals surface area contributed by atoms with E-state index in [9.17, 15) is 9.59 Å². The molecule has 1 aromatic heterocycles. The van der Waals surface area contributed by atoms with Gasteiger partial charge in [-0.2, -0.15) is 0 Å². The van der Waals surface area contributed by atoms with Crippen molar-refractivity contribution in [3.05, 3.63) is 87.1 Å². The van der Waals surface area contributed by atoms with Gasteiger partial charge < -0.3 is 15.4 Å². The van der Waals surface area contributed by atoms with Crippen LogP contribution in [0.25, 0.3) is 5.70 Å². The van der Waals surface area contributed by atoms with Gasteiger partial charge in [0, 0.05) is 11.4 Å². The van der Waals surface area contributed by atoms with Gasteiger partial charge in [-0.05, 0) is 54.1 Å². The summed E-state index contributed by atoms with van der Waals surface area (Å²) in [5, 5.41) is 6.10. The van der Waals surface area contributed by atoms with E-state index in [1.165, 1.54) is 18.4 Å². The zero-order chi connectivity index (χ0) is 22.5. The summed E-state index contributed by atoms with van der Waals surface area (Å²) in [6, 6.07) is 18.2. The number of carbonyl (C=O) groups is 2. The molecule has 3 aromatic rings. The lowest BCUT2D eigenvalue weighted by molar-refractivity contribution is 0.0499. The Balaban J connectivity index is 1.35. The van der Waals surface area contributed by atoms with Crippen LogP contribution in [0.4, 0.5) is 11.4 Å². The molecule has 9 heteroatoms. The molecule has 2 heterocycles. The second-order valence-electron chi connectivity index (χ2n) is 6.93. The fourth-order valence-electron chi connectivity index (χ4n) is 3.11. The summed E-state index contributed by atoms with van der Waals surface area (Å²) in [7, 11) is 1.36. The third-order valence-corrected chi connectivity index (χ3v) is 5.93. The summed E-state index contributed by atoms with van der Waals surface area (Å²) >= 11 is 7.11. The van der Waals surface area contributed by atoms with Gasteiger partial charge in [0.05, 0.1) is 34.1 Å². The molecule has 1 amide bonds. The molecule has 0 aliphatic carbocycles. The molecule has 1 atom stereocenters. The maximum Gasteiger partial charge on any atom is 0.337 e. The van der Waals surface area contributed by atoms with Crippen LogP contribution in [0.2, 0.25) is 4.34 Å². The second-order valence-corrected chi connectivity index (χ2v) is 8.64. The Bertz CT molecular complexity index is 1160. The Morgan fingerprint density at radius 3 is 2.66 bits per heavy atom. The van der Waals surface area contributed by atoms with Crippen molar-refractivity contribution in [2.24, 2.45) is 0 Å². The minimum Gasteiger partial charge on any atom is -0.465 e. The van der Waals surface area contributed by atoms with Crippen molar-refractivity contribution in [1.29, 1.82) is 0 Å². The molecule has 164 valence electrons. The quantitative estimate of drug-likeness (QED) is 0.438. The summed E-state index contributed by atoms with van der Waals surface area (Å²) < 4.78 is 5.33. The zero-order valence-electron chi connectivity index (χ0n) is 17.1. The molecule has 1 aliphatic rings. The predicted molar refractivity (Wildman–Crippen MR) is 125 cm³/mol. The molecule has 0 fully saturated rings. The average Bonchev–Trinajstić information content (AvgIpc) is 3.47. The van der Waals surface area contributed by atoms with E-state index in [4.69, 9.17) is 21.2 Å². The topological polar surface area (TPSA) is 88.7 Å². The van der Waals surface area contributed by atoms with Crippen molar-refractivity contribution in [3.8, 4) is 0 Å². The monoisotopic (exact) mass is 469 g/mol. The van der Waals surface area contributed by atoms with Gasteiger partial charge in [-0.25, -0.2) is 4.79 Å². The van der Waals surface area contributed by atoms with Crippen molar-refractivity contribution < 1.29 is 19.2 Å². The molecular formula is C23H20ClN3O4S. The number of hydrogen-bond acceptors (Lipinski definition) is 7. The highest BCUT2D eigenvalue weighted by Crippen LogP contribution is 2.24. The molecule has 0 saturated heterocycles. The third-order valence-electron chi connectivity index (χ3n) is 4.70. The Kier molecular flexibility index (Phi) is 6.75. The molecule has 3 N–H and O–H groups in total. The summed E-state index contributed by atoms with van der Waals surface area (Å²) in [5.41, 5.74) is 6.80. The molecule has 1 aliphatic heterocycles. The van der Waals surface area contributed by atoms with E-state index in [0.29, 0.717) is 21.3 Å². The maximum atomic E-state index is 12.1. The SMILES string of the molecule is COC(=O)c1cccc(Nc2ccc(C3=CC(CNC(=O)c4ccc(Cl)s4)ON3)cc2)c1. The van der Waals surface area contributed by atoms with Gasteiger partial charge in [0.2, 0.25) is 0 Å². The van der Waals surface area contributed by atoms with Gasteiger partial charge in [0.1, 0.15) is 6.10 Å². The number of halogens is 1. The normalized spacial score (nSPS) is 14.9. The lowest BCUT2D eigenvalue weighted by atomic mass is 10.1. The number of ether oxygens (including phenoxy) is 1. The number of hydrogen-bond donors (Lipinski definition) is 3. The van der Waals surface area contributed by atoms with E-state index in [-0.39, 0.29) is 18.0 Å². The predicted octanol–water partition coefficient (Wildman–Crippen LogP) is 4.61.